The van der Waals surface area contributed by atoms with E-state index in [-0.39, 0.29) is 29.8 Å². The van der Waals surface area contributed by atoms with Gasteiger partial charge in [0, 0.05) is 28.2 Å². The fourth-order valence-corrected chi connectivity index (χ4v) is 3.90. The molecule has 7 nitrogen and oxygen atoms in total. The van der Waals surface area contributed by atoms with E-state index < -0.39 is 0 Å². The molecule has 0 aliphatic carbocycles. The van der Waals surface area contributed by atoms with Gasteiger partial charge in [0.05, 0.1) is 11.4 Å². The smallest absolute Gasteiger partial charge is 0.315 e. The molecule has 0 saturated carbocycles. The zero-order valence-corrected chi connectivity index (χ0v) is 22.8. The second-order valence-electron chi connectivity index (χ2n) is 10.2. The van der Waals surface area contributed by atoms with E-state index in [1.165, 1.54) is 4.90 Å². The van der Waals surface area contributed by atoms with Gasteiger partial charge in [0.1, 0.15) is 12.4 Å². The number of benzene rings is 2. The van der Waals surface area contributed by atoms with E-state index >= 15 is 0 Å². The lowest BCUT2D eigenvalue weighted by molar-refractivity contribution is -0.116. The molecule has 1 aromatic heterocycles. The maximum Gasteiger partial charge on any atom is 0.322 e. The number of aryl methyl sites for hydroxylation is 1. The maximum absolute atomic E-state index is 13.1. The van der Waals surface area contributed by atoms with Gasteiger partial charge < -0.3 is 15.5 Å². The zero-order valence-electron chi connectivity index (χ0n) is 21.2. The van der Waals surface area contributed by atoms with Crippen molar-refractivity contribution >= 4 is 39.4 Å². The molecule has 0 saturated heterocycles. The van der Waals surface area contributed by atoms with Gasteiger partial charge in [-0.05, 0) is 43.2 Å². The van der Waals surface area contributed by atoms with Crippen LogP contribution in [0.2, 0.25) is 0 Å². The molecule has 2 N–H and O–H groups in total. The molecule has 0 atom stereocenters. The Morgan fingerprint density at radius 1 is 1.06 bits per heavy atom. The predicted molar refractivity (Wildman–Crippen MR) is 145 cm³/mol. The number of carbonyl (C=O) groups excluding carboxylic acids is 2. The van der Waals surface area contributed by atoms with Gasteiger partial charge in [0.2, 0.25) is 5.91 Å². The maximum atomic E-state index is 13.1. The topological polar surface area (TPSA) is 79.3 Å². The number of anilines is 2. The van der Waals surface area contributed by atoms with Crippen molar-refractivity contribution < 1.29 is 9.59 Å². The molecular weight excluding hydrogens is 506 g/mol. The summed E-state index contributed by atoms with van der Waals surface area (Å²) in [4.78, 5) is 27.7. The highest BCUT2D eigenvalue weighted by Gasteiger charge is 2.23. The number of hydrogen-bond acceptors (Lipinski definition) is 3. The van der Waals surface area contributed by atoms with Crippen molar-refractivity contribution in [3.05, 3.63) is 70.3 Å². The molecule has 1 heterocycles. The normalized spacial score (nSPS) is 11.4. The largest absolute Gasteiger partial charge is 0.322 e. The minimum atomic E-state index is -0.325. The van der Waals surface area contributed by atoms with E-state index in [4.69, 9.17) is 5.10 Å². The second-order valence-corrected chi connectivity index (χ2v) is 11.1. The van der Waals surface area contributed by atoms with Crippen molar-refractivity contribution in [2.24, 2.45) is 5.92 Å². The molecule has 0 unspecified atom stereocenters. The van der Waals surface area contributed by atoms with Gasteiger partial charge in [-0.3, -0.25) is 4.79 Å². The molecule has 0 aliphatic heterocycles. The van der Waals surface area contributed by atoms with Gasteiger partial charge >= 0.3 is 6.03 Å². The Morgan fingerprint density at radius 3 is 2.34 bits per heavy atom. The van der Waals surface area contributed by atoms with E-state index in [0.29, 0.717) is 18.1 Å². The third kappa shape index (κ3) is 7.42. The van der Waals surface area contributed by atoms with Crippen LogP contribution in [-0.2, 0) is 10.2 Å². The quantitative estimate of drug-likeness (QED) is 0.366. The molecule has 3 amide bonds. The molecular formula is C27H34BrN5O2. The van der Waals surface area contributed by atoms with Crippen LogP contribution in [-0.4, -0.2) is 39.7 Å². The molecule has 35 heavy (non-hydrogen) atoms. The Morgan fingerprint density at radius 2 is 1.74 bits per heavy atom. The van der Waals surface area contributed by atoms with Gasteiger partial charge in [-0.15, -0.1) is 0 Å². The number of aromatic nitrogens is 2. The van der Waals surface area contributed by atoms with Gasteiger partial charge in [0.15, 0.2) is 0 Å². The molecule has 3 rings (SSSR count). The lowest BCUT2D eigenvalue weighted by atomic mass is 9.92. The first kappa shape index (κ1) is 26.5. The molecule has 0 radical (unpaired) electrons. The van der Waals surface area contributed by atoms with Crippen LogP contribution in [0.5, 0.6) is 0 Å². The summed E-state index contributed by atoms with van der Waals surface area (Å²) in [5.41, 5.74) is 3.32. The molecule has 0 spiro atoms. The van der Waals surface area contributed by atoms with E-state index in [0.717, 1.165) is 21.4 Å². The summed E-state index contributed by atoms with van der Waals surface area (Å²) in [6.07, 6.45) is 0. The van der Waals surface area contributed by atoms with Crippen molar-refractivity contribution in [2.45, 2.75) is 47.0 Å². The first-order valence-corrected chi connectivity index (χ1v) is 12.5. The lowest BCUT2D eigenvalue weighted by Gasteiger charge is -2.24. The molecule has 2 aromatic carbocycles. The van der Waals surface area contributed by atoms with Crippen molar-refractivity contribution in [1.29, 1.82) is 0 Å². The average Bonchev–Trinajstić information content (AvgIpc) is 3.17. The third-order valence-electron chi connectivity index (χ3n) is 5.31. The Bertz CT molecular complexity index is 1180. The van der Waals surface area contributed by atoms with E-state index in [1.807, 2.05) is 75.4 Å². The molecule has 3 aromatic rings. The fraction of sp³-hybridized carbons (Fsp3) is 0.370. The second kappa shape index (κ2) is 11.1. The summed E-state index contributed by atoms with van der Waals surface area (Å²) in [6.45, 7) is 12.7. The van der Waals surface area contributed by atoms with Crippen LogP contribution >= 0.6 is 15.9 Å². The minimum Gasteiger partial charge on any atom is -0.315 e. The van der Waals surface area contributed by atoms with Crippen LogP contribution in [0.15, 0.2) is 59.1 Å². The average molecular weight is 541 g/mol. The summed E-state index contributed by atoms with van der Waals surface area (Å²) in [6, 6.07) is 16.9. The number of amides is 3. The summed E-state index contributed by atoms with van der Waals surface area (Å²) in [7, 11) is 0. The van der Waals surface area contributed by atoms with Crippen LogP contribution in [0.1, 0.15) is 45.9 Å². The highest BCUT2D eigenvalue weighted by atomic mass is 79.9. The minimum absolute atomic E-state index is 0.0814. The van der Waals surface area contributed by atoms with Gasteiger partial charge in [0.25, 0.3) is 0 Å². The number of halogens is 1. The Kier molecular flexibility index (Phi) is 8.38. The van der Waals surface area contributed by atoms with Crippen molar-refractivity contribution in [2.75, 3.05) is 23.7 Å². The Labute approximate surface area is 216 Å². The van der Waals surface area contributed by atoms with Crippen LogP contribution < -0.4 is 10.6 Å². The van der Waals surface area contributed by atoms with Gasteiger partial charge in [-0.1, -0.05) is 74.3 Å². The zero-order chi connectivity index (χ0) is 25.8. The number of nitrogens with zero attached hydrogens (tertiary/aromatic N) is 3. The van der Waals surface area contributed by atoms with Gasteiger partial charge in [-0.25, -0.2) is 9.48 Å². The predicted octanol–water partition coefficient (Wildman–Crippen LogP) is 6.37. The Hall–Kier alpha value is -3.13. The third-order valence-corrected chi connectivity index (χ3v) is 5.80. The summed E-state index contributed by atoms with van der Waals surface area (Å²) < 4.78 is 2.61. The molecule has 0 aliphatic rings. The first-order chi connectivity index (χ1) is 16.4. The van der Waals surface area contributed by atoms with Crippen LogP contribution in [0, 0.1) is 12.8 Å². The standard InChI is InChI=1S/C27H34BrN5O2/c1-18(2)16-32(26(35)29-21-9-7-8-20(28)14-21)17-25(34)30-24-15-23(27(4,5)6)31-33(24)22-12-10-19(3)11-13-22/h7-15,18H,16-17H2,1-6H3,(H,29,35)(H,30,34). The fourth-order valence-electron chi connectivity index (χ4n) is 3.50. The number of hydrogen-bond donors (Lipinski definition) is 2. The summed E-state index contributed by atoms with van der Waals surface area (Å²) in [5, 5.41) is 10.6. The van der Waals surface area contributed by atoms with Crippen LogP contribution in [0.25, 0.3) is 5.69 Å². The summed E-state index contributed by atoms with van der Waals surface area (Å²) in [5.74, 6) is 0.478. The van der Waals surface area contributed by atoms with Crippen molar-refractivity contribution in [3.63, 3.8) is 0 Å². The van der Waals surface area contributed by atoms with Crippen LogP contribution in [0.4, 0.5) is 16.3 Å². The molecule has 8 heteroatoms. The van der Waals surface area contributed by atoms with E-state index in [1.54, 1.807) is 4.68 Å². The number of carbonyl (C=O) groups is 2. The SMILES string of the molecule is Cc1ccc(-n2nc(C(C)(C)C)cc2NC(=O)CN(CC(C)C)C(=O)Nc2cccc(Br)c2)cc1. The van der Waals surface area contributed by atoms with Crippen molar-refractivity contribution in [3.8, 4) is 5.69 Å². The Balaban J connectivity index is 1.81. The lowest BCUT2D eigenvalue weighted by Crippen LogP contribution is -2.42. The van der Waals surface area contributed by atoms with Gasteiger partial charge in [-0.2, -0.15) is 5.10 Å². The molecule has 0 bridgehead atoms. The van der Waals surface area contributed by atoms with Crippen LogP contribution in [0.3, 0.4) is 0 Å². The molecule has 0 fully saturated rings. The monoisotopic (exact) mass is 539 g/mol. The number of rotatable bonds is 7. The number of urea groups is 1. The highest BCUT2D eigenvalue weighted by Crippen LogP contribution is 2.26. The summed E-state index contributed by atoms with van der Waals surface area (Å²) >= 11 is 3.42. The number of nitrogens with one attached hydrogen (secondary N) is 2. The van der Waals surface area contributed by atoms with E-state index in [2.05, 4.69) is 47.3 Å². The van der Waals surface area contributed by atoms with E-state index in [9.17, 15) is 9.59 Å². The molecule has 186 valence electrons. The highest BCUT2D eigenvalue weighted by molar-refractivity contribution is 9.10. The van der Waals surface area contributed by atoms with Crippen molar-refractivity contribution in [1.82, 2.24) is 14.7 Å². The first-order valence-electron chi connectivity index (χ1n) is 11.7.